The van der Waals surface area contributed by atoms with Crippen LogP contribution >= 0.6 is 23.5 Å². The molecule has 9 heteroatoms. The monoisotopic (exact) mass is 421 g/mol. The Bertz CT molecular complexity index is 490. The highest BCUT2D eigenvalue weighted by atomic mass is 32.2. The maximum absolute atomic E-state index is 11.4. The van der Waals surface area contributed by atoms with Crippen LogP contribution in [0.25, 0.3) is 0 Å². The van der Waals surface area contributed by atoms with Crippen LogP contribution in [0.2, 0.25) is 0 Å². The smallest absolute Gasteiger partial charge is 0.307 e. The van der Waals surface area contributed by atoms with Crippen LogP contribution in [0.1, 0.15) is 46.0 Å². The minimum Gasteiger partial charge on any atom is -0.481 e. The Morgan fingerprint density at radius 1 is 1.22 bits per heavy atom. The van der Waals surface area contributed by atoms with Gasteiger partial charge in [0.15, 0.2) is 0 Å². The molecule has 1 rings (SSSR count). The number of carboxylic acid groups (broad SMARTS) is 2. The van der Waals surface area contributed by atoms with Crippen molar-refractivity contribution in [1.82, 2.24) is 5.32 Å². The number of ketones is 1. The Morgan fingerprint density at radius 2 is 1.96 bits per heavy atom. The Labute approximate surface area is 169 Å². The van der Waals surface area contributed by atoms with E-state index in [4.69, 9.17) is 9.84 Å². The summed E-state index contributed by atoms with van der Waals surface area (Å²) in [5, 5.41) is 21.2. The molecule has 0 aromatic rings. The minimum atomic E-state index is -0.803. The zero-order valence-corrected chi connectivity index (χ0v) is 17.7. The highest BCUT2D eigenvalue weighted by Crippen LogP contribution is 2.25. The Hall–Kier alpha value is -0.770. The number of ether oxygens (including phenoxy) is 1. The van der Waals surface area contributed by atoms with E-state index in [1.165, 1.54) is 18.7 Å². The second kappa shape index (κ2) is 13.4. The molecule has 1 aliphatic rings. The molecule has 7 nitrogen and oxygen atoms in total. The summed E-state index contributed by atoms with van der Waals surface area (Å²) in [5.74, 6) is 0.674. The van der Waals surface area contributed by atoms with Crippen LogP contribution < -0.4 is 5.32 Å². The molecule has 1 aliphatic heterocycles. The molecule has 0 aromatic heterocycles. The number of nitrogens with one attached hydrogen (secondary N) is 1. The fourth-order valence-electron chi connectivity index (χ4n) is 3.00. The summed E-state index contributed by atoms with van der Waals surface area (Å²) in [4.78, 5) is 33.0. The number of carbonyl (C=O) groups is 3. The highest BCUT2D eigenvalue weighted by Gasteiger charge is 2.26. The van der Waals surface area contributed by atoms with Gasteiger partial charge in [-0.05, 0) is 32.1 Å². The molecule has 1 heterocycles. The van der Waals surface area contributed by atoms with Crippen LogP contribution in [0.5, 0.6) is 0 Å². The Kier molecular flexibility index (Phi) is 12.1. The number of Topliss-reactive ketones (excluding diaryl/α,β-unsaturated/α-hetero) is 1. The fourth-order valence-corrected chi connectivity index (χ4v) is 4.98. The lowest BCUT2D eigenvalue weighted by Crippen LogP contribution is -2.29. The fraction of sp³-hybridized carbons (Fsp3) is 0.833. The number of rotatable bonds is 15. The summed E-state index contributed by atoms with van der Waals surface area (Å²) < 4.78 is 5.91. The highest BCUT2D eigenvalue weighted by molar-refractivity contribution is 7.99. The van der Waals surface area contributed by atoms with Crippen LogP contribution in [-0.2, 0) is 19.1 Å². The minimum absolute atomic E-state index is 0.0150. The third kappa shape index (κ3) is 11.6. The van der Waals surface area contributed by atoms with Crippen molar-refractivity contribution in [2.75, 3.05) is 23.1 Å². The van der Waals surface area contributed by atoms with Gasteiger partial charge in [-0.1, -0.05) is 6.92 Å². The molecular weight excluding hydrogens is 390 g/mol. The van der Waals surface area contributed by atoms with E-state index in [0.717, 1.165) is 18.6 Å². The lowest BCUT2D eigenvalue weighted by atomic mass is 9.93. The number of aliphatic carboxylic acids is 2. The van der Waals surface area contributed by atoms with Crippen LogP contribution in [-0.4, -0.2) is 63.4 Å². The molecular formula is C18H31NO6S2. The van der Waals surface area contributed by atoms with E-state index >= 15 is 0 Å². The summed E-state index contributed by atoms with van der Waals surface area (Å²) >= 11 is 3.13. The summed E-state index contributed by atoms with van der Waals surface area (Å²) in [6.45, 7) is 3.46. The van der Waals surface area contributed by atoms with Gasteiger partial charge in [-0.15, -0.1) is 11.8 Å². The van der Waals surface area contributed by atoms with Gasteiger partial charge in [0, 0.05) is 29.6 Å². The second-order valence-electron chi connectivity index (χ2n) is 7.04. The maximum Gasteiger partial charge on any atom is 0.307 e. The van der Waals surface area contributed by atoms with Gasteiger partial charge in [-0.2, -0.15) is 11.8 Å². The van der Waals surface area contributed by atoms with E-state index in [9.17, 15) is 19.5 Å². The Morgan fingerprint density at radius 3 is 2.59 bits per heavy atom. The molecule has 0 aliphatic carbocycles. The molecule has 0 spiro atoms. The van der Waals surface area contributed by atoms with E-state index in [1.54, 1.807) is 11.8 Å². The van der Waals surface area contributed by atoms with E-state index in [-0.39, 0.29) is 30.5 Å². The molecule has 0 radical (unpaired) electrons. The van der Waals surface area contributed by atoms with Gasteiger partial charge in [0.2, 0.25) is 0 Å². The lowest BCUT2D eigenvalue weighted by Gasteiger charge is -2.18. The lowest BCUT2D eigenvalue weighted by molar-refractivity contribution is -0.141. The van der Waals surface area contributed by atoms with Gasteiger partial charge in [0.05, 0.1) is 18.4 Å². The third-order valence-electron chi connectivity index (χ3n) is 4.28. The third-order valence-corrected chi connectivity index (χ3v) is 6.38. The first-order valence-electron chi connectivity index (χ1n) is 9.26. The van der Waals surface area contributed by atoms with Gasteiger partial charge >= 0.3 is 11.9 Å². The van der Waals surface area contributed by atoms with Crippen molar-refractivity contribution in [2.24, 2.45) is 11.8 Å². The molecule has 156 valence electrons. The first-order valence-corrected chi connectivity index (χ1v) is 11.6. The first kappa shape index (κ1) is 24.3. The quantitative estimate of drug-likeness (QED) is 0.271. The number of hydrogen-bond donors (Lipinski definition) is 3. The van der Waals surface area contributed by atoms with Gasteiger partial charge in [-0.3, -0.25) is 14.9 Å². The number of thioether (sulfide) groups is 2. The molecule has 3 N–H and O–H groups in total. The van der Waals surface area contributed by atoms with E-state index in [1.807, 2.05) is 6.92 Å². The summed E-state index contributed by atoms with van der Waals surface area (Å²) in [5.41, 5.74) is 0. The Balaban J connectivity index is 2.18. The van der Waals surface area contributed by atoms with Crippen molar-refractivity contribution in [2.45, 2.75) is 58.3 Å². The second-order valence-corrected chi connectivity index (χ2v) is 9.22. The average molecular weight is 422 g/mol. The molecule has 1 saturated heterocycles. The average Bonchev–Trinajstić information content (AvgIpc) is 3.00. The zero-order valence-electron chi connectivity index (χ0n) is 16.0. The van der Waals surface area contributed by atoms with Gasteiger partial charge in [0.25, 0.3) is 0 Å². The molecule has 0 bridgehead atoms. The maximum atomic E-state index is 11.4. The molecule has 0 saturated carbocycles. The largest absolute Gasteiger partial charge is 0.481 e. The van der Waals surface area contributed by atoms with Crippen LogP contribution in [0.15, 0.2) is 0 Å². The standard InChI is InChI=1S/C18H31NO6S2/c1-12(7-13(2)20)8-14(18(23)24)9-27-10-15-3-4-16(25-15)19-11-26-6-5-17(21)22/h12,14-16,19H,3-11H2,1-2H3,(H,21,22)(H,23,24). The van der Waals surface area contributed by atoms with E-state index < -0.39 is 17.9 Å². The summed E-state index contributed by atoms with van der Waals surface area (Å²) in [6, 6.07) is 0. The van der Waals surface area contributed by atoms with E-state index in [0.29, 0.717) is 30.2 Å². The van der Waals surface area contributed by atoms with Crippen molar-refractivity contribution in [3.63, 3.8) is 0 Å². The van der Waals surface area contributed by atoms with Crippen LogP contribution in [0.3, 0.4) is 0 Å². The molecule has 1 fully saturated rings. The molecule has 27 heavy (non-hydrogen) atoms. The molecule has 0 amide bonds. The predicted octanol–water partition coefficient (Wildman–Crippen LogP) is 2.69. The summed E-state index contributed by atoms with van der Waals surface area (Å²) in [6.07, 6.45) is 3.04. The van der Waals surface area contributed by atoms with Gasteiger partial charge in [0.1, 0.15) is 12.0 Å². The summed E-state index contributed by atoms with van der Waals surface area (Å²) in [7, 11) is 0. The molecule has 4 atom stereocenters. The van der Waals surface area contributed by atoms with Crippen LogP contribution in [0.4, 0.5) is 0 Å². The van der Waals surface area contributed by atoms with Crippen molar-refractivity contribution in [3.05, 3.63) is 0 Å². The SMILES string of the molecule is CC(=O)CC(C)CC(CSCC1CCC(NCSCCC(=O)O)O1)C(=O)O. The zero-order chi connectivity index (χ0) is 20.2. The number of hydrogen-bond acceptors (Lipinski definition) is 7. The van der Waals surface area contributed by atoms with Gasteiger partial charge in [-0.25, -0.2) is 0 Å². The van der Waals surface area contributed by atoms with Crippen molar-refractivity contribution >= 4 is 41.2 Å². The topological polar surface area (TPSA) is 113 Å². The van der Waals surface area contributed by atoms with Crippen LogP contribution in [0, 0.1) is 11.8 Å². The predicted molar refractivity (Wildman–Crippen MR) is 108 cm³/mol. The van der Waals surface area contributed by atoms with Gasteiger partial charge < -0.3 is 19.7 Å². The van der Waals surface area contributed by atoms with Crippen molar-refractivity contribution in [3.8, 4) is 0 Å². The normalized spacial score (nSPS) is 21.7. The number of carbonyl (C=O) groups excluding carboxylic acids is 1. The van der Waals surface area contributed by atoms with E-state index in [2.05, 4.69) is 5.32 Å². The first-order chi connectivity index (χ1) is 12.8. The number of carboxylic acids is 2. The van der Waals surface area contributed by atoms with Crippen molar-refractivity contribution < 1.29 is 29.3 Å². The van der Waals surface area contributed by atoms with Crippen molar-refractivity contribution in [1.29, 1.82) is 0 Å². The molecule has 0 aromatic carbocycles. The molecule has 4 unspecified atom stereocenters.